The van der Waals surface area contributed by atoms with Gasteiger partial charge in [0.15, 0.2) is 0 Å². The second kappa shape index (κ2) is 32.5. The quantitative estimate of drug-likeness (QED) is 0.0861. The number of nitrogens with two attached hydrogens (primary N) is 3. The molecule has 5 aromatic rings. The van der Waals surface area contributed by atoms with E-state index in [0.717, 1.165) is 97.7 Å². The topological polar surface area (TPSA) is 261 Å². The number of carbonyl (C=O) groups excluding carboxylic acids is 4. The first-order chi connectivity index (χ1) is 44.0. The number of fused-ring (bicyclic) bond motifs is 8. The van der Waals surface area contributed by atoms with E-state index in [1.165, 1.54) is 11.1 Å². The largest absolute Gasteiger partial charge is 0.444 e. The van der Waals surface area contributed by atoms with Crippen LogP contribution < -0.4 is 17.2 Å². The minimum absolute atomic E-state index is 0. The highest BCUT2D eigenvalue weighted by atomic mass is 127. The number of halogens is 5. The van der Waals surface area contributed by atoms with E-state index in [1.54, 1.807) is 30.9 Å². The van der Waals surface area contributed by atoms with E-state index < -0.39 is 16.8 Å². The van der Waals surface area contributed by atoms with Crippen LogP contribution in [0.5, 0.6) is 0 Å². The molecular weight excluding hydrogens is 1580 g/mol. The summed E-state index contributed by atoms with van der Waals surface area (Å²) in [5, 5.41) is 0. The Bertz CT molecular complexity index is 3400. The zero-order valence-electron chi connectivity index (χ0n) is 55.8. The normalized spacial score (nSPS) is 24.6. The SMILES string of the molecule is Brc1cncc(Br)c1.C.CC(C)(C)OC(=O)N1C2C=CC1CC2.CC(C)(C)OC(=O)N1C2CCC1C(c1ccc(N)nc1)C2.CC(C)(C)OC(=O)N1C2CCC1C(c1cnc(N)c(Br)c1)C2.CC(C)(C)OC(=O)N1C2CCC1C(c1cncc(Br)c1)C2.Nc1ccc(I)cn1. The Balaban J connectivity index is 0.000000167. The molecule has 0 spiro atoms. The lowest BCUT2D eigenvalue weighted by Crippen LogP contribution is -2.40. The summed E-state index contributed by atoms with van der Waals surface area (Å²) in [5.74, 6) is 2.65. The lowest BCUT2D eigenvalue weighted by Gasteiger charge is -2.28. The summed E-state index contributed by atoms with van der Waals surface area (Å²) in [5.41, 5.74) is 18.5. The molecule has 4 amide bonds. The van der Waals surface area contributed by atoms with E-state index in [4.69, 9.17) is 36.1 Å². The second-order valence-corrected chi connectivity index (χ2v) is 33.7. The number of pyridine rings is 5. The van der Waals surface area contributed by atoms with Crippen molar-refractivity contribution in [1.82, 2.24) is 44.5 Å². The molecule has 11 atom stereocenters. The molecule has 13 heterocycles. The van der Waals surface area contributed by atoms with Crippen molar-refractivity contribution >= 4 is 128 Å². The first-order valence-electron chi connectivity index (χ1n) is 32.1. The Labute approximate surface area is 608 Å². The summed E-state index contributed by atoms with van der Waals surface area (Å²) in [6, 6.07) is 15.8. The fraction of sp³-hybridized carbons (Fsp3) is 0.557. The standard InChI is InChI=1S/C16H22BrN3O2.C16H21BrN2O2.C16H23N3O2.C11H17NO2.C5H3Br2N.C5H5IN2.CH4/c1-16(2,3)22-15(21)20-10-4-5-13(20)11(7-10)9-6-12(17)14(18)19-8-9;1-16(2,3)21-15(20)19-12-4-5-14(19)13(7-12)10-6-11(17)9-18-8-10;1-16(2,3)21-15(20)19-11-5-6-13(19)12(8-11)10-4-7-14(17)18-9-10;1-11(2,3)14-10(13)12-8-4-5-9(12)7-6-8;6-4-1-5(7)3-8-2-4;6-4-1-2-5(7)8-3-4;/h6,8,10-11,13H,4-5,7H2,1-3H3,(H2,18,19);6,8-9,12-14H,4-5,7H2,1-3H3;4,7,9,11-13H,5-6,8H2,1-3H3,(H2,17,18);4-5,8-9H,6-7H2,1-3H3;1-3H;1-3H,(H2,7,8);1H4. The molecule has 8 aliphatic rings. The Morgan fingerprint density at radius 2 is 0.800 bits per heavy atom. The maximum atomic E-state index is 12.5. The van der Waals surface area contributed by atoms with E-state index in [-0.39, 0.29) is 73.7 Å². The molecule has 5 aromatic heterocycles. The van der Waals surface area contributed by atoms with Crippen LogP contribution in [0.4, 0.5) is 36.6 Å². The second-order valence-electron chi connectivity index (χ2n) is 28.9. The molecule has 13 rings (SSSR count). The number of anilines is 3. The summed E-state index contributed by atoms with van der Waals surface area (Å²) < 4.78 is 27.0. The molecule has 0 radical (unpaired) electrons. The average Bonchev–Trinajstić information content (AvgIpc) is 1.63. The number of nitrogens with zero attached hydrogens (tertiary/aromatic N) is 9. The van der Waals surface area contributed by atoms with E-state index >= 15 is 0 Å². The summed E-state index contributed by atoms with van der Waals surface area (Å²) >= 11 is 15.6. The van der Waals surface area contributed by atoms with Crippen LogP contribution in [0.25, 0.3) is 0 Å². The molecule has 8 aliphatic heterocycles. The third-order valence-corrected chi connectivity index (χ3v) is 19.8. The number of aromatic nitrogens is 5. The molecule has 0 aromatic carbocycles. The highest BCUT2D eigenvalue weighted by Gasteiger charge is 2.53. The van der Waals surface area contributed by atoms with Gasteiger partial charge in [0.05, 0.1) is 16.6 Å². The maximum absolute atomic E-state index is 12.5. The molecule has 11 unspecified atom stereocenters. The van der Waals surface area contributed by atoms with Crippen molar-refractivity contribution < 1.29 is 38.1 Å². The number of carbonyl (C=O) groups is 4. The van der Waals surface area contributed by atoms with Gasteiger partial charge in [0.25, 0.3) is 0 Å². The molecule has 7 fully saturated rings. The van der Waals surface area contributed by atoms with Gasteiger partial charge in [0, 0.05) is 114 Å². The van der Waals surface area contributed by atoms with Crippen LogP contribution in [-0.2, 0) is 18.9 Å². The lowest BCUT2D eigenvalue weighted by molar-refractivity contribution is 0.0201. The van der Waals surface area contributed by atoms with Crippen LogP contribution in [0.3, 0.4) is 0 Å². The number of ether oxygens (including phenoxy) is 4. The van der Waals surface area contributed by atoms with Gasteiger partial charge in [-0.3, -0.25) is 14.9 Å². The van der Waals surface area contributed by atoms with Gasteiger partial charge < -0.3 is 50.8 Å². The molecule has 7 saturated heterocycles. The van der Waals surface area contributed by atoms with E-state index in [0.29, 0.717) is 47.3 Å². The highest BCUT2D eigenvalue weighted by molar-refractivity contribution is 14.1. The van der Waals surface area contributed by atoms with Gasteiger partial charge in [-0.25, -0.2) is 34.1 Å². The first-order valence-corrected chi connectivity index (χ1v) is 36.4. The fourth-order valence-corrected chi connectivity index (χ4v) is 15.7. The minimum atomic E-state index is -0.458. The monoisotopic (exact) mass is 1670 g/mol. The number of amides is 4. The first kappa shape index (κ1) is 77.0. The van der Waals surface area contributed by atoms with Crippen molar-refractivity contribution in [1.29, 1.82) is 0 Å². The molecule has 95 heavy (non-hydrogen) atoms. The predicted molar refractivity (Wildman–Crippen MR) is 395 cm³/mol. The number of nitrogen functional groups attached to an aromatic ring is 3. The van der Waals surface area contributed by atoms with Gasteiger partial charge in [-0.15, -0.1) is 0 Å². The summed E-state index contributed by atoms with van der Waals surface area (Å²) in [7, 11) is 0. The summed E-state index contributed by atoms with van der Waals surface area (Å²) in [6.45, 7) is 22.9. The van der Waals surface area contributed by atoms with Crippen molar-refractivity contribution in [2.75, 3.05) is 17.2 Å². The number of hydrogen-bond donors (Lipinski definition) is 3. The van der Waals surface area contributed by atoms with Crippen molar-refractivity contribution in [3.05, 3.63) is 136 Å². The van der Waals surface area contributed by atoms with Crippen LogP contribution in [-0.4, -0.2) is 140 Å². The van der Waals surface area contributed by atoms with Crippen LogP contribution in [0.15, 0.2) is 116 Å². The third kappa shape index (κ3) is 21.3. The fourth-order valence-electron chi connectivity index (χ4n) is 13.6. The Morgan fingerprint density at radius 1 is 0.442 bits per heavy atom. The molecule has 518 valence electrons. The zero-order chi connectivity index (χ0) is 68.8. The van der Waals surface area contributed by atoms with Crippen molar-refractivity contribution in [3.63, 3.8) is 0 Å². The van der Waals surface area contributed by atoms with Crippen molar-refractivity contribution in [3.8, 4) is 0 Å². The van der Waals surface area contributed by atoms with Gasteiger partial charge in [0.2, 0.25) is 0 Å². The van der Waals surface area contributed by atoms with Crippen LogP contribution in [0.2, 0.25) is 0 Å². The van der Waals surface area contributed by atoms with Crippen LogP contribution in [0, 0.1) is 3.57 Å². The molecule has 25 heteroatoms. The summed E-state index contributed by atoms with van der Waals surface area (Å²) in [4.78, 5) is 77.3. The zero-order valence-corrected chi connectivity index (χ0v) is 64.3. The van der Waals surface area contributed by atoms with Crippen LogP contribution >= 0.6 is 86.3 Å². The molecule has 6 N–H and O–H groups in total. The number of hydrogen-bond acceptors (Lipinski definition) is 16. The minimum Gasteiger partial charge on any atom is -0.444 e. The average molecular weight is 1680 g/mol. The Morgan fingerprint density at radius 3 is 1.13 bits per heavy atom. The lowest BCUT2D eigenvalue weighted by atomic mass is 9.85. The molecular formula is C70H95Br4IN12O8. The van der Waals surface area contributed by atoms with Gasteiger partial charge >= 0.3 is 24.4 Å². The Hall–Kier alpha value is -5.38. The number of rotatable bonds is 3. The van der Waals surface area contributed by atoms with Crippen molar-refractivity contribution in [2.45, 2.75) is 250 Å². The van der Waals surface area contributed by atoms with Gasteiger partial charge in [-0.2, -0.15) is 0 Å². The van der Waals surface area contributed by atoms with Gasteiger partial charge in [0.1, 0.15) is 39.9 Å². The molecule has 8 bridgehead atoms. The van der Waals surface area contributed by atoms with E-state index in [9.17, 15) is 19.2 Å². The molecule has 0 aliphatic carbocycles. The maximum Gasteiger partial charge on any atom is 0.411 e. The molecule has 0 saturated carbocycles. The van der Waals surface area contributed by atoms with Crippen LogP contribution in [0.1, 0.15) is 196 Å². The van der Waals surface area contributed by atoms with Crippen molar-refractivity contribution in [2.24, 2.45) is 0 Å². The van der Waals surface area contributed by atoms with Gasteiger partial charge in [-0.05, 0) is 293 Å². The highest BCUT2D eigenvalue weighted by Crippen LogP contribution is 2.50. The van der Waals surface area contributed by atoms with E-state index in [2.05, 4.69) is 129 Å². The molecule has 20 nitrogen and oxygen atoms in total. The van der Waals surface area contributed by atoms with E-state index in [1.807, 2.05) is 152 Å². The third-order valence-electron chi connectivity index (χ3n) is 17.2. The smallest absolute Gasteiger partial charge is 0.411 e. The predicted octanol–water partition coefficient (Wildman–Crippen LogP) is 17.5. The van der Waals surface area contributed by atoms with Gasteiger partial charge in [-0.1, -0.05) is 25.6 Å². The Kier molecular flexibility index (Phi) is 26.4. The summed E-state index contributed by atoms with van der Waals surface area (Å²) in [6.07, 6.45) is 27.6.